The van der Waals surface area contributed by atoms with Crippen molar-refractivity contribution in [3.8, 4) is 0 Å². The Kier molecular flexibility index (Phi) is 7.24. The Balaban J connectivity index is 0.00000243. The number of halogens is 1. The quantitative estimate of drug-likeness (QED) is 0.851. The first-order valence-electron chi connectivity index (χ1n) is 9.23. The lowest BCUT2D eigenvalue weighted by Crippen LogP contribution is -2.42. The fraction of sp³-hybridized carbons (Fsp3) is 0.409. The topological polar surface area (TPSA) is 46.3 Å². The smallest absolute Gasteiger partial charge is 0.227 e. The van der Waals surface area contributed by atoms with Gasteiger partial charge in [0.15, 0.2) is 0 Å². The molecule has 1 heterocycles. The van der Waals surface area contributed by atoms with E-state index in [0.717, 1.165) is 31.4 Å². The van der Waals surface area contributed by atoms with Crippen LogP contribution in [0.2, 0.25) is 0 Å². The van der Waals surface area contributed by atoms with Crippen molar-refractivity contribution in [1.82, 2.24) is 4.90 Å². The summed E-state index contributed by atoms with van der Waals surface area (Å²) in [5, 5.41) is 0. The Hall–Kier alpha value is -1.84. The first kappa shape index (κ1) is 20.5. The second kappa shape index (κ2) is 9.20. The molecule has 2 N–H and O–H groups in total. The van der Waals surface area contributed by atoms with Gasteiger partial charge in [0, 0.05) is 18.6 Å². The minimum Gasteiger partial charge on any atom is -0.339 e. The van der Waals surface area contributed by atoms with Crippen molar-refractivity contribution in [2.75, 3.05) is 6.54 Å². The van der Waals surface area contributed by atoms with Gasteiger partial charge in [0.05, 0.1) is 5.92 Å². The molecule has 2 aromatic carbocycles. The van der Waals surface area contributed by atoms with E-state index in [1.54, 1.807) is 0 Å². The van der Waals surface area contributed by atoms with Gasteiger partial charge >= 0.3 is 0 Å². The number of amides is 1. The number of likely N-dealkylation sites (tertiary alicyclic amines) is 1. The second-order valence-corrected chi connectivity index (χ2v) is 7.24. The van der Waals surface area contributed by atoms with E-state index in [0.29, 0.717) is 6.04 Å². The molecule has 140 valence electrons. The normalized spacial score (nSPS) is 18.9. The maximum Gasteiger partial charge on any atom is 0.227 e. The van der Waals surface area contributed by atoms with Crippen LogP contribution >= 0.6 is 12.4 Å². The molecule has 26 heavy (non-hydrogen) atoms. The van der Waals surface area contributed by atoms with Crippen LogP contribution in [0.1, 0.15) is 42.5 Å². The van der Waals surface area contributed by atoms with E-state index in [-0.39, 0.29) is 30.3 Å². The Bertz CT molecular complexity index is 702. The summed E-state index contributed by atoms with van der Waals surface area (Å²) in [6.07, 6.45) is 3.09. The molecule has 2 aromatic rings. The van der Waals surface area contributed by atoms with Crippen LogP contribution in [0.4, 0.5) is 0 Å². The molecule has 0 radical (unpaired) electrons. The number of aryl methyl sites for hydroxylation is 1. The Morgan fingerprint density at radius 1 is 1.15 bits per heavy atom. The van der Waals surface area contributed by atoms with Crippen LogP contribution in [-0.2, 0) is 11.2 Å². The van der Waals surface area contributed by atoms with Crippen molar-refractivity contribution in [2.24, 2.45) is 11.7 Å². The summed E-state index contributed by atoms with van der Waals surface area (Å²) in [7, 11) is 0. The van der Waals surface area contributed by atoms with E-state index < -0.39 is 0 Å². The van der Waals surface area contributed by atoms with Gasteiger partial charge in [-0.2, -0.15) is 0 Å². The van der Waals surface area contributed by atoms with Crippen LogP contribution in [-0.4, -0.2) is 23.4 Å². The van der Waals surface area contributed by atoms with Gasteiger partial charge in [0.1, 0.15) is 0 Å². The summed E-state index contributed by atoms with van der Waals surface area (Å²) < 4.78 is 0. The number of carbonyl (C=O) groups is 1. The molecular weight excluding hydrogens is 344 g/mol. The standard InChI is InChI=1S/C22H28N2O.ClH/c1-16-10-12-18(13-11-16)15-20-9-6-14-24(20)22(25)17(2)21(23)19-7-4-3-5-8-19;/h3-5,7-8,10-13,17,20-21H,6,9,14-15,23H2,1-2H3;1H. The molecule has 1 saturated heterocycles. The number of nitrogens with two attached hydrogens (primary N) is 1. The number of hydrogen-bond acceptors (Lipinski definition) is 2. The van der Waals surface area contributed by atoms with Gasteiger partial charge in [0.25, 0.3) is 0 Å². The van der Waals surface area contributed by atoms with E-state index >= 15 is 0 Å². The fourth-order valence-corrected chi connectivity index (χ4v) is 3.71. The van der Waals surface area contributed by atoms with Gasteiger partial charge in [-0.1, -0.05) is 67.1 Å². The zero-order valence-electron chi connectivity index (χ0n) is 15.6. The minimum atomic E-state index is -0.255. The highest BCUT2D eigenvalue weighted by Crippen LogP contribution is 2.27. The zero-order valence-corrected chi connectivity index (χ0v) is 16.4. The van der Waals surface area contributed by atoms with Crippen molar-refractivity contribution in [1.29, 1.82) is 0 Å². The fourth-order valence-electron chi connectivity index (χ4n) is 3.71. The Morgan fingerprint density at radius 3 is 2.46 bits per heavy atom. The molecule has 1 amide bonds. The van der Waals surface area contributed by atoms with Crippen LogP contribution in [0.25, 0.3) is 0 Å². The number of benzene rings is 2. The van der Waals surface area contributed by atoms with Gasteiger partial charge in [0.2, 0.25) is 5.91 Å². The molecule has 0 aromatic heterocycles. The maximum absolute atomic E-state index is 13.1. The highest BCUT2D eigenvalue weighted by Gasteiger charge is 2.33. The van der Waals surface area contributed by atoms with Crippen LogP contribution in [0.15, 0.2) is 54.6 Å². The summed E-state index contributed by atoms with van der Waals surface area (Å²) in [5.41, 5.74) is 9.97. The number of hydrogen-bond donors (Lipinski definition) is 1. The zero-order chi connectivity index (χ0) is 17.8. The summed E-state index contributed by atoms with van der Waals surface area (Å²) in [6, 6.07) is 18.6. The van der Waals surface area contributed by atoms with E-state index in [1.807, 2.05) is 37.3 Å². The van der Waals surface area contributed by atoms with E-state index in [2.05, 4.69) is 36.1 Å². The molecule has 0 spiro atoms. The number of carbonyl (C=O) groups excluding carboxylic acids is 1. The summed E-state index contributed by atoms with van der Waals surface area (Å²) in [6.45, 7) is 4.91. The molecule has 1 aliphatic rings. The van der Waals surface area contributed by atoms with Gasteiger partial charge in [-0.15, -0.1) is 12.4 Å². The second-order valence-electron chi connectivity index (χ2n) is 7.24. The van der Waals surface area contributed by atoms with Crippen molar-refractivity contribution in [2.45, 2.75) is 45.2 Å². The van der Waals surface area contributed by atoms with Crippen LogP contribution in [0.3, 0.4) is 0 Å². The van der Waals surface area contributed by atoms with E-state index in [1.165, 1.54) is 11.1 Å². The predicted octanol–water partition coefficient (Wildman–Crippen LogP) is 4.29. The highest BCUT2D eigenvalue weighted by atomic mass is 35.5. The van der Waals surface area contributed by atoms with E-state index in [4.69, 9.17) is 5.73 Å². The Morgan fingerprint density at radius 2 is 1.81 bits per heavy atom. The molecule has 3 atom stereocenters. The predicted molar refractivity (Wildman–Crippen MR) is 109 cm³/mol. The Labute approximate surface area is 163 Å². The van der Waals surface area contributed by atoms with Gasteiger partial charge in [-0.05, 0) is 37.3 Å². The molecular formula is C22H29ClN2O. The first-order chi connectivity index (χ1) is 12.1. The summed E-state index contributed by atoms with van der Waals surface area (Å²) in [4.78, 5) is 15.1. The van der Waals surface area contributed by atoms with Crippen molar-refractivity contribution in [3.63, 3.8) is 0 Å². The maximum atomic E-state index is 13.1. The minimum absolute atomic E-state index is 0. The van der Waals surface area contributed by atoms with Crippen LogP contribution in [0, 0.1) is 12.8 Å². The van der Waals surface area contributed by atoms with Gasteiger partial charge in [-0.25, -0.2) is 0 Å². The molecule has 0 bridgehead atoms. The lowest BCUT2D eigenvalue weighted by atomic mass is 9.93. The van der Waals surface area contributed by atoms with E-state index in [9.17, 15) is 4.79 Å². The number of rotatable bonds is 5. The number of nitrogens with zero attached hydrogens (tertiary/aromatic N) is 1. The molecule has 3 nitrogen and oxygen atoms in total. The molecule has 0 aliphatic carbocycles. The first-order valence-corrected chi connectivity index (χ1v) is 9.23. The average molecular weight is 373 g/mol. The molecule has 1 fully saturated rings. The molecule has 3 rings (SSSR count). The summed E-state index contributed by atoms with van der Waals surface area (Å²) >= 11 is 0. The summed E-state index contributed by atoms with van der Waals surface area (Å²) in [5.74, 6) is -0.0213. The van der Waals surface area contributed by atoms with Crippen LogP contribution < -0.4 is 5.73 Å². The molecule has 4 heteroatoms. The largest absolute Gasteiger partial charge is 0.339 e. The molecule has 3 unspecified atom stereocenters. The third kappa shape index (κ3) is 4.66. The third-order valence-electron chi connectivity index (χ3n) is 5.36. The molecule has 1 aliphatic heterocycles. The van der Waals surface area contributed by atoms with Crippen molar-refractivity contribution in [3.05, 3.63) is 71.3 Å². The lowest BCUT2D eigenvalue weighted by molar-refractivity contribution is -0.136. The average Bonchev–Trinajstić information content (AvgIpc) is 3.10. The van der Waals surface area contributed by atoms with Gasteiger partial charge < -0.3 is 10.6 Å². The lowest BCUT2D eigenvalue weighted by Gasteiger charge is -2.30. The van der Waals surface area contributed by atoms with Crippen molar-refractivity contribution >= 4 is 18.3 Å². The SMILES string of the molecule is Cc1ccc(CC2CCCN2C(=O)C(C)C(N)c2ccccc2)cc1.Cl. The van der Waals surface area contributed by atoms with Crippen LogP contribution in [0.5, 0.6) is 0 Å². The van der Waals surface area contributed by atoms with Crippen molar-refractivity contribution < 1.29 is 4.79 Å². The third-order valence-corrected chi connectivity index (χ3v) is 5.36. The molecule has 0 saturated carbocycles. The monoisotopic (exact) mass is 372 g/mol. The highest BCUT2D eigenvalue weighted by molar-refractivity contribution is 5.85. The van der Waals surface area contributed by atoms with Gasteiger partial charge in [-0.3, -0.25) is 4.79 Å².